The Kier molecular flexibility index (Phi) is 3.87. The number of carbonyl (C=O) groups is 2. The molecule has 1 aliphatic rings. The Balaban J connectivity index is 1.99. The van der Waals surface area contributed by atoms with Crippen molar-refractivity contribution in [1.29, 1.82) is 0 Å². The minimum Gasteiger partial charge on any atom is -0.481 e. The molecule has 0 saturated heterocycles. The molecule has 2 rings (SSSR count). The molecule has 20 heavy (non-hydrogen) atoms. The molecular formula is C13H17N3O4. The number of carboxylic acids is 1. The highest BCUT2D eigenvalue weighted by molar-refractivity contribution is 5.92. The number of rotatable bonds is 5. The molecule has 1 fully saturated rings. The number of hydrogen-bond donors (Lipinski definition) is 2. The number of aliphatic carboxylic acids is 1. The van der Waals surface area contributed by atoms with Gasteiger partial charge in [0.1, 0.15) is 5.69 Å². The van der Waals surface area contributed by atoms with E-state index in [4.69, 9.17) is 5.11 Å². The first-order valence-corrected chi connectivity index (χ1v) is 6.46. The predicted octanol–water partition coefficient (Wildman–Crippen LogP) is 0.155. The third kappa shape index (κ3) is 3.04. The van der Waals surface area contributed by atoms with Crippen molar-refractivity contribution in [3.8, 4) is 0 Å². The van der Waals surface area contributed by atoms with E-state index in [1.165, 1.54) is 19.2 Å². The van der Waals surface area contributed by atoms with Gasteiger partial charge in [0.2, 0.25) is 0 Å². The van der Waals surface area contributed by atoms with Crippen LogP contribution < -0.4 is 10.9 Å². The van der Waals surface area contributed by atoms with Crippen molar-refractivity contribution in [1.82, 2.24) is 15.1 Å². The number of nitrogens with zero attached hydrogens (tertiary/aromatic N) is 2. The maximum Gasteiger partial charge on any atom is 0.303 e. The zero-order valence-corrected chi connectivity index (χ0v) is 11.3. The average Bonchev–Trinajstić information content (AvgIpc) is 2.35. The first-order chi connectivity index (χ1) is 9.42. The number of carboxylic acid groups (broad SMARTS) is 1. The van der Waals surface area contributed by atoms with Crippen LogP contribution in [0.3, 0.4) is 0 Å². The van der Waals surface area contributed by atoms with Crippen LogP contribution in [-0.2, 0) is 11.8 Å². The van der Waals surface area contributed by atoms with Crippen molar-refractivity contribution in [3.63, 3.8) is 0 Å². The highest BCUT2D eigenvalue weighted by Gasteiger charge is 2.39. The number of aryl methyl sites for hydroxylation is 1. The van der Waals surface area contributed by atoms with E-state index in [2.05, 4.69) is 10.4 Å². The maximum atomic E-state index is 11.9. The molecule has 1 amide bonds. The minimum absolute atomic E-state index is 0.0635. The smallest absolute Gasteiger partial charge is 0.303 e. The van der Waals surface area contributed by atoms with Gasteiger partial charge in [-0.2, -0.15) is 5.10 Å². The third-order valence-corrected chi connectivity index (χ3v) is 3.76. The summed E-state index contributed by atoms with van der Waals surface area (Å²) in [6, 6.07) is 2.64. The molecular weight excluding hydrogens is 262 g/mol. The van der Waals surface area contributed by atoms with E-state index in [-0.39, 0.29) is 23.1 Å². The topological polar surface area (TPSA) is 101 Å². The molecule has 1 aromatic heterocycles. The van der Waals surface area contributed by atoms with Crippen LogP contribution in [0.1, 0.15) is 36.2 Å². The van der Waals surface area contributed by atoms with Crippen molar-refractivity contribution in [2.75, 3.05) is 6.54 Å². The monoisotopic (exact) mass is 279 g/mol. The molecule has 1 saturated carbocycles. The average molecular weight is 279 g/mol. The highest BCUT2D eigenvalue weighted by atomic mass is 16.4. The second kappa shape index (κ2) is 5.44. The molecule has 0 spiro atoms. The van der Waals surface area contributed by atoms with Gasteiger partial charge in [-0.05, 0) is 24.3 Å². The fraction of sp³-hybridized carbons (Fsp3) is 0.538. The van der Waals surface area contributed by atoms with Crippen LogP contribution in [0, 0.1) is 5.41 Å². The van der Waals surface area contributed by atoms with Crippen LogP contribution in [0.4, 0.5) is 0 Å². The molecule has 0 atom stereocenters. The van der Waals surface area contributed by atoms with Gasteiger partial charge in [-0.1, -0.05) is 6.42 Å². The molecule has 1 heterocycles. The van der Waals surface area contributed by atoms with Crippen LogP contribution in [0.2, 0.25) is 0 Å². The van der Waals surface area contributed by atoms with Gasteiger partial charge in [-0.25, -0.2) is 4.68 Å². The van der Waals surface area contributed by atoms with Gasteiger partial charge in [-0.15, -0.1) is 0 Å². The summed E-state index contributed by atoms with van der Waals surface area (Å²) in [6.45, 7) is 0.322. The van der Waals surface area contributed by atoms with Crippen LogP contribution in [-0.4, -0.2) is 33.3 Å². The second-order valence-corrected chi connectivity index (χ2v) is 5.29. The van der Waals surface area contributed by atoms with Crippen molar-refractivity contribution < 1.29 is 14.7 Å². The van der Waals surface area contributed by atoms with Crippen molar-refractivity contribution in [3.05, 3.63) is 28.2 Å². The lowest BCUT2D eigenvalue weighted by Gasteiger charge is -2.40. The molecule has 0 unspecified atom stereocenters. The summed E-state index contributed by atoms with van der Waals surface area (Å²) in [4.78, 5) is 34.0. The predicted molar refractivity (Wildman–Crippen MR) is 70.3 cm³/mol. The molecule has 1 aliphatic carbocycles. The van der Waals surface area contributed by atoms with E-state index < -0.39 is 11.9 Å². The quantitative estimate of drug-likeness (QED) is 0.799. The normalized spacial score (nSPS) is 16.2. The van der Waals surface area contributed by atoms with Gasteiger partial charge >= 0.3 is 5.97 Å². The molecule has 7 heteroatoms. The van der Waals surface area contributed by atoms with Gasteiger partial charge in [0, 0.05) is 19.7 Å². The van der Waals surface area contributed by atoms with E-state index >= 15 is 0 Å². The van der Waals surface area contributed by atoms with Crippen LogP contribution in [0.25, 0.3) is 0 Å². The minimum atomic E-state index is -0.848. The first kappa shape index (κ1) is 14.2. The summed E-state index contributed by atoms with van der Waals surface area (Å²) < 4.78 is 1.09. The summed E-state index contributed by atoms with van der Waals surface area (Å²) in [7, 11) is 1.47. The largest absolute Gasteiger partial charge is 0.481 e. The van der Waals surface area contributed by atoms with E-state index in [1.54, 1.807) is 0 Å². The van der Waals surface area contributed by atoms with Crippen LogP contribution >= 0.6 is 0 Å². The Morgan fingerprint density at radius 1 is 1.45 bits per heavy atom. The molecule has 7 nitrogen and oxygen atoms in total. The Bertz CT molecular complexity index is 590. The van der Waals surface area contributed by atoms with E-state index in [1.807, 2.05) is 0 Å². The fourth-order valence-corrected chi connectivity index (χ4v) is 2.40. The van der Waals surface area contributed by atoms with E-state index in [0.29, 0.717) is 6.54 Å². The zero-order chi connectivity index (χ0) is 14.8. The van der Waals surface area contributed by atoms with Crippen molar-refractivity contribution >= 4 is 11.9 Å². The Labute approximate surface area is 115 Å². The van der Waals surface area contributed by atoms with E-state index in [9.17, 15) is 14.4 Å². The molecule has 1 aromatic rings. The number of hydrogen-bond acceptors (Lipinski definition) is 4. The molecule has 0 bridgehead atoms. The molecule has 2 N–H and O–H groups in total. The molecule has 0 aromatic carbocycles. The number of carbonyl (C=O) groups excluding carboxylic acids is 1. The molecule has 0 radical (unpaired) electrons. The second-order valence-electron chi connectivity index (χ2n) is 5.29. The summed E-state index contributed by atoms with van der Waals surface area (Å²) in [5, 5.41) is 15.5. The standard InChI is InChI=1S/C13H17N3O4/c1-16-10(17)4-3-9(15-16)12(20)14-8-13(5-2-6-13)7-11(18)19/h3-4H,2,5-8H2,1H3,(H,14,20)(H,18,19). The Morgan fingerprint density at radius 2 is 2.15 bits per heavy atom. The number of nitrogens with one attached hydrogen (secondary N) is 1. The maximum absolute atomic E-state index is 11.9. The number of amides is 1. The van der Waals surface area contributed by atoms with Gasteiger partial charge in [0.05, 0.1) is 6.42 Å². The summed E-state index contributed by atoms with van der Waals surface area (Å²) >= 11 is 0. The summed E-state index contributed by atoms with van der Waals surface area (Å²) in [5.74, 6) is -1.24. The molecule has 0 aliphatic heterocycles. The van der Waals surface area contributed by atoms with Crippen LogP contribution in [0.15, 0.2) is 16.9 Å². The van der Waals surface area contributed by atoms with Crippen molar-refractivity contribution in [2.24, 2.45) is 12.5 Å². The lowest BCUT2D eigenvalue weighted by molar-refractivity contribution is -0.141. The fourth-order valence-electron chi connectivity index (χ4n) is 2.40. The highest BCUT2D eigenvalue weighted by Crippen LogP contribution is 2.43. The van der Waals surface area contributed by atoms with Gasteiger partial charge in [0.15, 0.2) is 0 Å². The van der Waals surface area contributed by atoms with Gasteiger partial charge in [0.25, 0.3) is 11.5 Å². The Hall–Kier alpha value is -2.18. The Morgan fingerprint density at radius 3 is 2.65 bits per heavy atom. The summed E-state index contributed by atoms with van der Waals surface area (Å²) in [5.41, 5.74) is -0.470. The molecule has 108 valence electrons. The first-order valence-electron chi connectivity index (χ1n) is 6.46. The lowest BCUT2D eigenvalue weighted by Crippen LogP contribution is -2.44. The zero-order valence-electron chi connectivity index (χ0n) is 11.3. The van der Waals surface area contributed by atoms with Gasteiger partial charge < -0.3 is 10.4 Å². The lowest BCUT2D eigenvalue weighted by atomic mass is 9.66. The van der Waals surface area contributed by atoms with Crippen LogP contribution in [0.5, 0.6) is 0 Å². The van der Waals surface area contributed by atoms with Gasteiger partial charge in [-0.3, -0.25) is 14.4 Å². The van der Waals surface area contributed by atoms with Crippen molar-refractivity contribution in [2.45, 2.75) is 25.7 Å². The SMILES string of the molecule is Cn1nc(C(=O)NCC2(CC(=O)O)CCC2)ccc1=O. The summed E-state index contributed by atoms with van der Waals surface area (Å²) in [6.07, 6.45) is 2.66. The number of aromatic nitrogens is 2. The third-order valence-electron chi connectivity index (χ3n) is 3.76. The van der Waals surface area contributed by atoms with E-state index in [0.717, 1.165) is 23.9 Å².